The van der Waals surface area contributed by atoms with Gasteiger partial charge in [-0.1, -0.05) is 6.92 Å². The molecule has 0 spiro atoms. The molecule has 1 N–H and O–H groups in total. The van der Waals surface area contributed by atoms with Crippen molar-refractivity contribution in [3.05, 3.63) is 0 Å². The van der Waals surface area contributed by atoms with Crippen molar-refractivity contribution in [3.63, 3.8) is 0 Å². The first-order valence-corrected chi connectivity index (χ1v) is 5.25. The first kappa shape index (κ1) is 10.2. The number of nitrogens with zero attached hydrogens (tertiary/aromatic N) is 1. The maximum Gasteiger partial charge on any atom is 0.379 e. The molecule has 0 aliphatic rings. The zero-order valence-corrected chi connectivity index (χ0v) is 8.06. The molecule has 1 atom stereocenters. The topological polar surface area (TPSA) is 37.3 Å². The van der Waals surface area contributed by atoms with Crippen LogP contribution < -0.4 is 0 Å². The second-order valence-corrected chi connectivity index (χ2v) is 6.31. The van der Waals surface area contributed by atoms with E-state index in [1.54, 1.807) is 21.1 Å². The SMILES string of the molecule is CCCP(=O)(O)[N+](C)(C)C. The third-order valence-corrected chi connectivity index (χ3v) is 4.36. The van der Waals surface area contributed by atoms with Gasteiger partial charge in [-0.3, -0.25) is 4.25 Å². The van der Waals surface area contributed by atoms with Crippen LogP contribution in [0.1, 0.15) is 13.3 Å². The molecular formula is C6H17NO2P+. The van der Waals surface area contributed by atoms with E-state index >= 15 is 0 Å². The highest BCUT2D eigenvalue weighted by molar-refractivity contribution is 7.51. The molecule has 0 saturated carbocycles. The molecule has 0 bridgehead atoms. The molecule has 4 heteroatoms. The summed E-state index contributed by atoms with van der Waals surface area (Å²) in [6, 6.07) is 0. The van der Waals surface area contributed by atoms with Gasteiger partial charge in [-0.2, -0.15) is 0 Å². The lowest BCUT2D eigenvalue weighted by Gasteiger charge is -2.28. The van der Waals surface area contributed by atoms with Crippen LogP contribution in [0.15, 0.2) is 0 Å². The van der Waals surface area contributed by atoms with Crippen LogP contribution in [0.25, 0.3) is 0 Å². The molecule has 0 rings (SSSR count). The molecule has 0 aromatic heterocycles. The van der Waals surface area contributed by atoms with Crippen molar-refractivity contribution in [1.82, 2.24) is 0 Å². The summed E-state index contributed by atoms with van der Waals surface area (Å²) < 4.78 is 11.5. The van der Waals surface area contributed by atoms with Gasteiger partial charge in [0.2, 0.25) is 0 Å². The first-order chi connectivity index (χ1) is 4.31. The van der Waals surface area contributed by atoms with Crippen molar-refractivity contribution in [2.75, 3.05) is 27.3 Å². The number of quaternary nitrogens is 1. The second-order valence-electron chi connectivity index (χ2n) is 3.33. The van der Waals surface area contributed by atoms with Crippen LogP contribution in [0.5, 0.6) is 0 Å². The fourth-order valence-electron chi connectivity index (χ4n) is 0.591. The highest BCUT2D eigenvalue weighted by Crippen LogP contribution is 2.48. The maximum atomic E-state index is 11.4. The van der Waals surface area contributed by atoms with E-state index in [9.17, 15) is 9.46 Å². The fraction of sp³-hybridized carbons (Fsp3) is 1.00. The van der Waals surface area contributed by atoms with Gasteiger partial charge in [-0.15, -0.1) is 0 Å². The van der Waals surface area contributed by atoms with Crippen molar-refractivity contribution in [2.45, 2.75) is 13.3 Å². The summed E-state index contributed by atoms with van der Waals surface area (Å²) in [6.45, 7) is 1.92. The van der Waals surface area contributed by atoms with E-state index in [1.165, 1.54) is 0 Å². The lowest BCUT2D eigenvalue weighted by molar-refractivity contribution is -0.752. The summed E-state index contributed by atoms with van der Waals surface area (Å²) in [5.74, 6) is 0. The normalized spacial score (nSPS) is 18.5. The van der Waals surface area contributed by atoms with Crippen molar-refractivity contribution in [2.24, 2.45) is 0 Å². The summed E-state index contributed by atoms with van der Waals surface area (Å²) >= 11 is 0. The monoisotopic (exact) mass is 166 g/mol. The second kappa shape index (κ2) is 3.04. The Labute approximate surface area is 62.8 Å². The molecule has 0 aliphatic heterocycles. The van der Waals surface area contributed by atoms with Gasteiger partial charge in [-0.05, 0) is 6.42 Å². The Balaban J connectivity index is 4.26. The molecule has 62 valence electrons. The molecule has 0 amide bonds. The minimum absolute atomic E-state index is 0.167. The smallest absolute Gasteiger partial charge is 0.302 e. The zero-order valence-electron chi connectivity index (χ0n) is 7.16. The minimum atomic E-state index is -2.94. The summed E-state index contributed by atoms with van der Waals surface area (Å²) in [5, 5.41) is 0. The van der Waals surface area contributed by atoms with Crippen molar-refractivity contribution < 1.29 is 13.7 Å². The molecule has 1 unspecified atom stereocenters. The number of hydrogen-bond donors (Lipinski definition) is 1. The molecule has 0 saturated heterocycles. The van der Waals surface area contributed by atoms with E-state index in [2.05, 4.69) is 0 Å². The van der Waals surface area contributed by atoms with Gasteiger partial charge < -0.3 is 4.89 Å². The quantitative estimate of drug-likeness (QED) is 0.641. The first-order valence-electron chi connectivity index (χ1n) is 3.45. The average Bonchev–Trinajstić information content (AvgIpc) is 1.61. The van der Waals surface area contributed by atoms with E-state index in [0.717, 1.165) is 6.42 Å². The van der Waals surface area contributed by atoms with Gasteiger partial charge in [0.15, 0.2) is 0 Å². The van der Waals surface area contributed by atoms with Crippen LogP contribution in [-0.4, -0.2) is 36.5 Å². The Morgan fingerprint density at radius 3 is 1.90 bits per heavy atom. The molecule has 10 heavy (non-hydrogen) atoms. The van der Waals surface area contributed by atoms with E-state index in [-0.39, 0.29) is 4.25 Å². The Hall–Kier alpha value is 0.150. The van der Waals surface area contributed by atoms with Crippen LogP contribution in [-0.2, 0) is 4.57 Å². The molecule has 0 aliphatic carbocycles. The summed E-state index contributed by atoms with van der Waals surface area (Å²) in [7, 11) is 2.30. The molecule has 0 fully saturated rings. The van der Waals surface area contributed by atoms with E-state index in [4.69, 9.17) is 0 Å². The van der Waals surface area contributed by atoms with Crippen molar-refractivity contribution in [1.29, 1.82) is 0 Å². The third kappa shape index (κ3) is 2.41. The van der Waals surface area contributed by atoms with Crippen LogP contribution in [0.3, 0.4) is 0 Å². The van der Waals surface area contributed by atoms with Crippen molar-refractivity contribution >= 4 is 7.52 Å². The molecule has 0 aromatic carbocycles. The van der Waals surface area contributed by atoms with E-state index in [1.807, 2.05) is 6.92 Å². The fourth-order valence-corrected chi connectivity index (χ4v) is 1.77. The highest BCUT2D eigenvalue weighted by atomic mass is 31.2. The largest absolute Gasteiger partial charge is 0.379 e. The van der Waals surface area contributed by atoms with Crippen LogP contribution >= 0.6 is 7.52 Å². The highest BCUT2D eigenvalue weighted by Gasteiger charge is 2.33. The number of rotatable bonds is 3. The predicted octanol–water partition coefficient (Wildman–Crippen LogP) is 1.29. The molecule has 0 aromatic rings. The lowest BCUT2D eigenvalue weighted by atomic mass is 10.6. The van der Waals surface area contributed by atoms with Crippen molar-refractivity contribution in [3.8, 4) is 0 Å². The Morgan fingerprint density at radius 2 is 1.80 bits per heavy atom. The predicted molar refractivity (Wildman–Crippen MR) is 43.0 cm³/mol. The van der Waals surface area contributed by atoms with E-state index in [0.29, 0.717) is 6.16 Å². The minimum Gasteiger partial charge on any atom is -0.302 e. The Bertz CT molecular complexity index is 150. The third-order valence-electron chi connectivity index (χ3n) is 1.45. The molecule has 0 heterocycles. The number of hydrogen-bond acceptors (Lipinski definition) is 1. The van der Waals surface area contributed by atoms with Gasteiger partial charge >= 0.3 is 7.52 Å². The maximum absolute atomic E-state index is 11.4. The van der Waals surface area contributed by atoms with Gasteiger partial charge in [0.25, 0.3) is 0 Å². The summed E-state index contributed by atoms with van der Waals surface area (Å²) in [6.07, 6.45) is 1.18. The molecule has 0 radical (unpaired) electrons. The lowest BCUT2D eigenvalue weighted by Crippen LogP contribution is -2.31. The van der Waals surface area contributed by atoms with E-state index < -0.39 is 7.52 Å². The summed E-state index contributed by atoms with van der Waals surface area (Å²) in [4.78, 5) is 9.38. The van der Waals surface area contributed by atoms with Gasteiger partial charge in [-0.25, -0.2) is 4.57 Å². The van der Waals surface area contributed by atoms with Crippen LogP contribution in [0, 0.1) is 0 Å². The standard InChI is InChI=1S/C6H16NO2P/c1-5-6-10(8,9)7(2,3)4/h5-6H2,1-4H3/p+1. The molecular weight excluding hydrogens is 149 g/mol. The van der Waals surface area contributed by atoms with Crippen LogP contribution in [0.2, 0.25) is 0 Å². The average molecular weight is 166 g/mol. The Kier molecular flexibility index (Phi) is 3.08. The van der Waals surface area contributed by atoms with Gasteiger partial charge in [0.05, 0.1) is 27.3 Å². The van der Waals surface area contributed by atoms with Gasteiger partial charge in [0.1, 0.15) is 0 Å². The zero-order chi connectivity index (χ0) is 8.41. The molecule has 3 nitrogen and oxygen atoms in total. The van der Waals surface area contributed by atoms with Crippen LogP contribution in [0.4, 0.5) is 0 Å². The van der Waals surface area contributed by atoms with Gasteiger partial charge in [0, 0.05) is 0 Å². The Morgan fingerprint density at radius 1 is 1.40 bits per heavy atom. The summed E-state index contributed by atoms with van der Waals surface area (Å²) in [5.41, 5.74) is 0.